The maximum absolute atomic E-state index is 9.92. The summed E-state index contributed by atoms with van der Waals surface area (Å²) in [5.74, 6) is 1.53. The Morgan fingerprint density at radius 2 is 2.08 bits per heavy atom. The first-order valence-electron chi connectivity index (χ1n) is 9.51. The smallest absolute Gasteiger partial charge is 0.191 e. The summed E-state index contributed by atoms with van der Waals surface area (Å²) < 4.78 is 5.79. The van der Waals surface area contributed by atoms with E-state index in [9.17, 15) is 5.11 Å². The van der Waals surface area contributed by atoms with Crippen molar-refractivity contribution in [3.63, 3.8) is 0 Å². The van der Waals surface area contributed by atoms with E-state index in [2.05, 4.69) is 41.6 Å². The Morgan fingerprint density at radius 1 is 1.28 bits per heavy atom. The van der Waals surface area contributed by atoms with Crippen LogP contribution in [0.2, 0.25) is 0 Å². The molecule has 0 amide bonds. The van der Waals surface area contributed by atoms with Gasteiger partial charge in [-0.25, -0.2) is 0 Å². The summed E-state index contributed by atoms with van der Waals surface area (Å²) >= 11 is 0. The Morgan fingerprint density at radius 3 is 2.76 bits per heavy atom. The predicted octanol–water partition coefficient (Wildman–Crippen LogP) is 2.56. The number of aliphatic imine (C=N–C) groups is 1. The molecule has 1 fully saturated rings. The van der Waals surface area contributed by atoms with E-state index in [1.165, 1.54) is 5.56 Å². The average Bonchev–Trinajstić information content (AvgIpc) is 3.03. The lowest BCUT2D eigenvalue weighted by atomic mass is 10.1. The number of ether oxygens (including phenoxy) is 1. The monoisotopic (exact) mass is 347 g/mol. The zero-order valence-electron chi connectivity index (χ0n) is 15.6. The summed E-state index contributed by atoms with van der Waals surface area (Å²) in [5.41, 5.74) is 1.20. The molecule has 0 bridgehead atoms. The van der Waals surface area contributed by atoms with Crippen LogP contribution in [-0.4, -0.2) is 43.4 Å². The molecule has 0 saturated heterocycles. The second-order valence-corrected chi connectivity index (χ2v) is 6.96. The fourth-order valence-electron chi connectivity index (χ4n) is 3.08. The lowest BCUT2D eigenvalue weighted by Gasteiger charge is -2.18. The first kappa shape index (κ1) is 19.7. The SMILES string of the molecule is CCNC(=NCC(C)COCc1ccccc1)NCC1CCCC1O. The second kappa shape index (κ2) is 11.1. The summed E-state index contributed by atoms with van der Waals surface area (Å²) in [4.78, 5) is 4.66. The quantitative estimate of drug-likeness (QED) is 0.474. The molecule has 3 atom stereocenters. The number of hydrogen-bond acceptors (Lipinski definition) is 3. The van der Waals surface area contributed by atoms with Crippen molar-refractivity contribution in [2.24, 2.45) is 16.8 Å². The van der Waals surface area contributed by atoms with Gasteiger partial charge in [0.1, 0.15) is 0 Å². The normalized spacial score (nSPS) is 22.0. The van der Waals surface area contributed by atoms with Crippen molar-refractivity contribution in [2.45, 2.75) is 45.8 Å². The van der Waals surface area contributed by atoms with Crippen LogP contribution in [0.15, 0.2) is 35.3 Å². The lowest BCUT2D eigenvalue weighted by Crippen LogP contribution is -2.41. The zero-order valence-corrected chi connectivity index (χ0v) is 15.6. The van der Waals surface area contributed by atoms with Crippen LogP contribution in [0.25, 0.3) is 0 Å². The largest absolute Gasteiger partial charge is 0.393 e. The lowest BCUT2D eigenvalue weighted by molar-refractivity contribution is 0.0944. The molecule has 0 radical (unpaired) electrons. The fourth-order valence-corrected chi connectivity index (χ4v) is 3.08. The first-order chi connectivity index (χ1) is 12.2. The van der Waals surface area contributed by atoms with Crippen molar-refractivity contribution < 1.29 is 9.84 Å². The van der Waals surface area contributed by atoms with Gasteiger partial charge in [0, 0.05) is 25.6 Å². The molecule has 3 N–H and O–H groups in total. The van der Waals surface area contributed by atoms with E-state index < -0.39 is 0 Å². The number of aliphatic hydroxyl groups excluding tert-OH is 1. The van der Waals surface area contributed by atoms with E-state index in [0.717, 1.165) is 44.9 Å². The van der Waals surface area contributed by atoms with Gasteiger partial charge in [-0.15, -0.1) is 0 Å². The van der Waals surface area contributed by atoms with Gasteiger partial charge < -0.3 is 20.5 Å². The van der Waals surface area contributed by atoms with Crippen molar-refractivity contribution in [1.29, 1.82) is 0 Å². The molecule has 140 valence electrons. The van der Waals surface area contributed by atoms with E-state index in [-0.39, 0.29) is 6.10 Å². The molecule has 5 heteroatoms. The number of guanidine groups is 1. The van der Waals surface area contributed by atoms with Gasteiger partial charge >= 0.3 is 0 Å². The van der Waals surface area contributed by atoms with Gasteiger partial charge in [0.05, 0.1) is 19.3 Å². The van der Waals surface area contributed by atoms with Crippen molar-refractivity contribution >= 4 is 5.96 Å². The molecule has 1 aliphatic carbocycles. The van der Waals surface area contributed by atoms with Gasteiger partial charge in [0.2, 0.25) is 0 Å². The minimum Gasteiger partial charge on any atom is -0.393 e. The third kappa shape index (κ3) is 7.45. The van der Waals surface area contributed by atoms with Crippen molar-refractivity contribution in [1.82, 2.24) is 10.6 Å². The molecule has 2 rings (SSSR count). The molecular weight excluding hydrogens is 314 g/mol. The average molecular weight is 348 g/mol. The Balaban J connectivity index is 1.69. The standard InChI is InChI=1S/C20H33N3O2/c1-3-21-20(23-13-18-10-7-11-19(18)24)22-12-16(2)14-25-15-17-8-5-4-6-9-17/h4-6,8-9,16,18-19,24H,3,7,10-15H2,1-2H3,(H2,21,22,23). The first-order valence-corrected chi connectivity index (χ1v) is 9.51. The van der Waals surface area contributed by atoms with Crippen LogP contribution in [-0.2, 0) is 11.3 Å². The van der Waals surface area contributed by atoms with E-state index in [1.54, 1.807) is 0 Å². The molecule has 0 aromatic heterocycles. The highest BCUT2D eigenvalue weighted by Crippen LogP contribution is 2.24. The topological polar surface area (TPSA) is 65.9 Å². The highest BCUT2D eigenvalue weighted by Gasteiger charge is 2.24. The number of hydrogen-bond donors (Lipinski definition) is 3. The van der Waals surface area contributed by atoms with E-state index in [4.69, 9.17) is 4.74 Å². The minimum absolute atomic E-state index is 0.166. The number of rotatable bonds is 9. The maximum Gasteiger partial charge on any atom is 0.191 e. The third-order valence-electron chi connectivity index (χ3n) is 4.57. The molecule has 0 aliphatic heterocycles. The van der Waals surface area contributed by atoms with Gasteiger partial charge in [0.15, 0.2) is 5.96 Å². The van der Waals surface area contributed by atoms with Gasteiger partial charge in [-0.05, 0) is 31.2 Å². The second-order valence-electron chi connectivity index (χ2n) is 6.96. The minimum atomic E-state index is -0.166. The molecule has 3 unspecified atom stereocenters. The number of nitrogens with zero attached hydrogens (tertiary/aromatic N) is 1. The molecule has 0 spiro atoms. The summed E-state index contributed by atoms with van der Waals surface area (Å²) in [5, 5.41) is 16.6. The van der Waals surface area contributed by atoms with Crippen molar-refractivity contribution in [3.05, 3.63) is 35.9 Å². The van der Waals surface area contributed by atoms with Crippen LogP contribution in [0.3, 0.4) is 0 Å². The summed E-state index contributed by atoms with van der Waals surface area (Å²) in [6.07, 6.45) is 2.98. The van der Waals surface area contributed by atoms with Gasteiger partial charge in [-0.1, -0.05) is 43.7 Å². The van der Waals surface area contributed by atoms with E-state index in [0.29, 0.717) is 25.0 Å². The van der Waals surface area contributed by atoms with Gasteiger partial charge in [-0.2, -0.15) is 0 Å². The van der Waals surface area contributed by atoms with Crippen LogP contribution in [0.5, 0.6) is 0 Å². The van der Waals surface area contributed by atoms with Crippen LogP contribution >= 0.6 is 0 Å². The van der Waals surface area contributed by atoms with Crippen LogP contribution < -0.4 is 10.6 Å². The Bertz CT molecular complexity index is 507. The molecule has 5 nitrogen and oxygen atoms in total. The summed E-state index contributed by atoms with van der Waals surface area (Å²) in [6, 6.07) is 10.2. The Hall–Kier alpha value is -1.59. The summed E-state index contributed by atoms with van der Waals surface area (Å²) in [7, 11) is 0. The zero-order chi connectivity index (χ0) is 17.9. The highest BCUT2D eigenvalue weighted by molar-refractivity contribution is 5.79. The maximum atomic E-state index is 9.92. The third-order valence-corrected chi connectivity index (χ3v) is 4.57. The number of nitrogens with one attached hydrogen (secondary N) is 2. The number of benzene rings is 1. The van der Waals surface area contributed by atoms with Crippen LogP contribution in [0.4, 0.5) is 0 Å². The fraction of sp³-hybridized carbons (Fsp3) is 0.650. The Labute approximate surface area is 151 Å². The van der Waals surface area contributed by atoms with Crippen LogP contribution in [0, 0.1) is 11.8 Å². The molecular formula is C20H33N3O2. The Kier molecular flexibility index (Phi) is 8.77. The van der Waals surface area contributed by atoms with Crippen molar-refractivity contribution in [3.8, 4) is 0 Å². The molecule has 1 saturated carbocycles. The van der Waals surface area contributed by atoms with Crippen molar-refractivity contribution in [2.75, 3.05) is 26.2 Å². The molecule has 1 aromatic rings. The molecule has 1 aliphatic rings. The predicted molar refractivity (Wildman–Crippen MR) is 103 cm³/mol. The van der Waals surface area contributed by atoms with E-state index in [1.807, 2.05) is 18.2 Å². The molecule has 1 aromatic carbocycles. The van der Waals surface area contributed by atoms with E-state index >= 15 is 0 Å². The number of aliphatic hydroxyl groups is 1. The van der Waals surface area contributed by atoms with Gasteiger partial charge in [0.25, 0.3) is 0 Å². The molecule has 0 heterocycles. The highest BCUT2D eigenvalue weighted by atomic mass is 16.5. The molecule has 25 heavy (non-hydrogen) atoms. The van der Waals surface area contributed by atoms with Gasteiger partial charge in [-0.3, -0.25) is 4.99 Å². The summed E-state index contributed by atoms with van der Waals surface area (Å²) in [6.45, 7) is 7.89. The van der Waals surface area contributed by atoms with Crippen LogP contribution in [0.1, 0.15) is 38.7 Å².